The van der Waals surface area contributed by atoms with Gasteiger partial charge in [0.15, 0.2) is 5.78 Å². The largest absolute Gasteiger partial charge is 0.342 e. The third kappa shape index (κ3) is 5.47. The molecule has 0 radical (unpaired) electrons. The molecular weight excluding hydrogens is 412 g/mol. The number of nitrogens with zero attached hydrogens (tertiary/aromatic N) is 1. The van der Waals surface area contributed by atoms with E-state index in [9.17, 15) is 14.4 Å². The second kappa shape index (κ2) is 10.5. The Bertz CT molecular complexity index is 974. The number of hydrogen-bond acceptors (Lipinski definition) is 3. The minimum Gasteiger partial charge on any atom is -0.342 e. The highest BCUT2D eigenvalue weighted by molar-refractivity contribution is 5.98. The Kier molecular flexibility index (Phi) is 7.49. The van der Waals surface area contributed by atoms with Gasteiger partial charge in [0.2, 0.25) is 0 Å². The van der Waals surface area contributed by atoms with Crippen LogP contribution < -0.4 is 5.32 Å². The molecule has 1 N–H and O–H groups in total. The Labute approximate surface area is 198 Å². The van der Waals surface area contributed by atoms with Crippen molar-refractivity contribution in [2.24, 2.45) is 11.8 Å². The first-order valence-electron chi connectivity index (χ1n) is 12.6. The van der Waals surface area contributed by atoms with Gasteiger partial charge in [0, 0.05) is 38.3 Å². The van der Waals surface area contributed by atoms with Crippen molar-refractivity contribution < 1.29 is 15.8 Å². The number of piperidine rings is 1. The van der Waals surface area contributed by atoms with Gasteiger partial charge in [-0.15, -0.1) is 5.73 Å². The molecule has 33 heavy (non-hydrogen) atoms. The first-order chi connectivity index (χ1) is 15.9. The minimum absolute atomic E-state index is 0. The molecule has 1 aromatic carbocycles. The van der Waals surface area contributed by atoms with Gasteiger partial charge >= 0.3 is 0 Å². The Hall–Kier alpha value is -2.65. The van der Waals surface area contributed by atoms with Crippen LogP contribution in [-0.2, 0) is 9.59 Å². The number of Topliss-reactive ketones (excluding diaryl/α,β-unsaturated/α-hetero) is 1. The van der Waals surface area contributed by atoms with Crippen LogP contribution in [0.15, 0.2) is 41.6 Å². The van der Waals surface area contributed by atoms with Crippen molar-refractivity contribution in [3.05, 3.63) is 52.8 Å². The Morgan fingerprint density at radius 3 is 2.52 bits per heavy atom. The monoisotopic (exact) mass is 450 g/mol. The van der Waals surface area contributed by atoms with Crippen molar-refractivity contribution >= 4 is 17.6 Å². The number of carbonyl (C=O) groups is 3. The molecule has 2 atom stereocenters. The maximum Gasteiger partial charge on any atom is 0.257 e. The molecule has 1 aromatic rings. The number of benzene rings is 1. The van der Waals surface area contributed by atoms with Gasteiger partial charge in [-0.25, -0.2) is 0 Å². The number of hydrogen-bond donors (Lipinski definition) is 1. The van der Waals surface area contributed by atoms with Gasteiger partial charge in [-0.2, -0.15) is 0 Å². The number of ketones is 1. The zero-order valence-electron chi connectivity index (χ0n) is 19.9. The van der Waals surface area contributed by atoms with Crippen LogP contribution in [0.5, 0.6) is 0 Å². The summed E-state index contributed by atoms with van der Waals surface area (Å²) in [7, 11) is 0. The van der Waals surface area contributed by atoms with Crippen LogP contribution in [0.3, 0.4) is 0 Å². The molecule has 1 saturated heterocycles. The van der Waals surface area contributed by atoms with Gasteiger partial charge in [-0.1, -0.05) is 45.2 Å². The molecule has 3 aliphatic rings. The Balaban J connectivity index is 0.00000324. The molecule has 0 spiro atoms. The quantitative estimate of drug-likeness (QED) is 0.593. The SMILES string of the molecule is CC(C)C(=O)[C@H](NC(=O)c1cccc(C2CCCN(C(=O)C3=C=CC3)C2)c1)C1CCCCC1.[HH]. The smallest absolute Gasteiger partial charge is 0.257 e. The van der Waals surface area contributed by atoms with Crippen molar-refractivity contribution in [3.63, 3.8) is 0 Å². The lowest BCUT2D eigenvalue weighted by molar-refractivity contribution is -0.128. The van der Waals surface area contributed by atoms with Crippen LogP contribution in [0.2, 0.25) is 0 Å². The fourth-order valence-electron chi connectivity index (χ4n) is 5.38. The van der Waals surface area contributed by atoms with E-state index < -0.39 is 6.04 Å². The Morgan fingerprint density at radius 2 is 1.85 bits per heavy atom. The van der Waals surface area contributed by atoms with Crippen LogP contribution in [0.25, 0.3) is 0 Å². The molecule has 178 valence electrons. The molecule has 0 bridgehead atoms. The third-order valence-electron chi connectivity index (χ3n) is 7.45. The molecule has 1 unspecified atom stereocenters. The standard InChI is InChI=1S/C28H36N2O3.H2/c1-19(2)26(31)25(20-9-4-3-5-10-20)29-27(32)23-14-7-13-22(17-23)24-15-8-16-30(18-24)28(33)21-11-6-12-21;/h6-7,13-14,17,19-20,24-25H,3-5,8-11,15-16,18H2,1-2H3,(H,29,32);1H/t24?,25-;/m1./s1. The molecule has 2 aliphatic carbocycles. The molecular formula is C28H38N2O3. The summed E-state index contributed by atoms with van der Waals surface area (Å²) in [4.78, 5) is 40.7. The molecule has 1 saturated carbocycles. The van der Waals surface area contributed by atoms with E-state index in [1.165, 1.54) is 6.42 Å². The molecule has 1 heterocycles. The molecule has 0 aromatic heterocycles. The fourth-order valence-corrected chi connectivity index (χ4v) is 5.38. The molecule has 5 nitrogen and oxygen atoms in total. The lowest BCUT2D eigenvalue weighted by atomic mass is 9.80. The average Bonchev–Trinajstić information content (AvgIpc) is 2.81. The van der Waals surface area contributed by atoms with E-state index in [-0.39, 0.29) is 36.8 Å². The minimum atomic E-state index is -0.409. The number of rotatable bonds is 7. The van der Waals surface area contributed by atoms with E-state index in [1.807, 2.05) is 43.0 Å². The van der Waals surface area contributed by atoms with E-state index in [0.717, 1.165) is 56.2 Å². The summed E-state index contributed by atoms with van der Waals surface area (Å²) in [5.41, 5.74) is 5.46. The lowest BCUT2D eigenvalue weighted by Crippen LogP contribution is -2.48. The average molecular weight is 451 g/mol. The van der Waals surface area contributed by atoms with E-state index in [1.54, 1.807) is 0 Å². The van der Waals surface area contributed by atoms with E-state index in [2.05, 4.69) is 17.1 Å². The van der Waals surface area contributed by atoms with Gasteiger partial charge in [0.25, 0.3) is 11.8 Å². The maximum atomic E-state index is 13.2. The first-order valence-corrected chi connectivity index (χ1v) is 12.6. The van der Waals surface area contributed by atoms with Crippen molar-refractivity contribution in [2.45, 2.75) is 77.2 Å². The fraction of sp³-hybridized carbons (Fsp3) is 0.571. The zero-order chi connectivity index (χ0) is 23.4. The Morgan fingerprint density at radius 1 is 1.09 bits per heavy atom. The summed E-state index contributed by atoms with van der Waals surface area (Å²) in [6, 6.07) is 7.34. The van der Waals surface area contributed by atoms with E-state index in [0.29, 0.717) is 18.5 Å². The number of nitrogens with one attached hydrogen (secondary N) is 1. The molecule has 5 heteroatoms. The first kappa shape index (κ1) is 23.5. The summed E-state index contributed by atoms with van der Waals surface area (Å²) in [6.07, 6.45) is 10.0. The predicted octanol–water partition coefficient (Wildman–Crippen LogP) is 5.03. The van der Waals surface area contributed by atoms with Gasteiger partial charge in [-0.3, -0.25) is 14.4 Å². The predicted molar refractivity (Wildman–Crippen MR) is 131 cm³/mol. The van der Waals surface area contributed by atoms with Crippen molar-refractivity contribution in [2.75, 3.05) is 13.1 Å². The van der Waals surface area contributed by atoms with Crippen molar-refractivity contribution in [1.82, 2.24) is 10.2 Å². The summed E-state index contributed by atoms with van der Waals surface area (Å²) < 4.78 is 0. The van der Waals surface area contributed by atoms with Crippen LogP contribution >= 0.6 is 0 Å². The zero-order valence-corrected chi connectivity index (χ0v) is 19.9. The second-order valence-corrected chi connectivity index (χ2v) is 10.2. The molecule has 4 rings (SSSR count). The van der Waals surface area contributed by atoms with Crippen LogP contribution in [0, 0.1) is 11.8 Å². The summed E-state index contributed by atoms with van der Waals surface area (Å²) in [5, 5.41) is 3.10. The summed E-state index contributed by atoms with van der Waals surface area (Å²) >= 11 is 0. The van der Waals surface area contributed by atoms with Crippen molar-refractivity contribution in [3.8, 4) is 0 Å². The highest BCUT2D eigenvalue weighted by Gasteiger charge is 2.33. The normalized spacial score (nSPS) is 21.8. The third-order valence-corrected chi connectivity index (χ3v) is 7.45. The second-order valence-electron chi connectivity index (χ2n) is 10.2. The van der Waals surface area contributed by atoms with Crippen molar-refractivity contribution in [1.29, 1.82) is 0 Å². The number of carbonyl (C=O) groups excluding carboxylic acids is 3. The lowest BCUT2D eigenvalue weighted by Gasteiger charge is -2.34. The highest BCUT2D eigenvalue weighted by atomic mass is 16.2. The number of likely N-dealkylation sites (tertiary alicyclic amines) is 1. The van der Waals surface area contributed by atoms with Crippen LogP contribution in [0.4, 0.5) is 0 Å². The van der Waals surface area contributed by atoms with Gasteiger partial charge < -0.3 is 10.2 Å². The van der Waals surface area contributed by atoms with Crippen LogP contribution in [-0.4, -0.2) is 41.6 Å². The van der Waals surface area contributed by atoms with E-state index in [4.69, 9.17) is 0 Å². The molecule has 2 amide bonds. The van der Waals surface area contributed by atoms with Gasteiger partial charge in [-0.05, 0) is 55.4 Å². The van der Waals surface area contributed by atoms with Gasteiger partial charge in [0.1, 0.15) is 0 Å². The highest BCUT2D eigenvalue weighted by Crippen LogP contribution is 2.30. The molecule has 2 fully saturated rings. The van der Waals surface area contributed by atoms with Gasteiger partial charge in [0.05, 0.1) is 11.6 Å². The summed E-state index contributed by atoms with van der Waals surface area (Å²) in [5.74, 6) is 0.399. The molecule has 1 aliphatic heterocycles. The van der Waals surface area contributed by atoms with E-state index >= 15 is 0 Å². The maximum absolute atomic E-state index is 13.2. The summed E-state index contributed by atoms with van der Waals surface area (Å²) in [6.45, 7) is 5.28. The van der Waals surface area contributed by atoms with Crippen LogP contribution in [0.1, 0.15) is 88.5 Å². The topological polar surface area (TPSA) is 66.5 Å². The number of amides is 2.